The van der Waals surface area contributed by atoms with Crippen molar-refractivity contribution in [3.63, 3.8) is 0 Å². The smallest absolute Gasteiger partial charge is 0.186 e. The topological polar surface area (TPSA) is 34.1 Å². The minimum Gasteiger partial charge on any atom is -0.186 e. The van der Waals surface area contributed by atoms with Crippen molar-refractivity contribution in [3.8, 4) is 11.1 Å². The molecule has 1 aliphatic carbocycles. The molecular weight excluding hydrogens is 200 g/mol. The molecule has 0 bridgehead atoms. The molecule has 0 spiro atoms. The first-order chi connectivity index (χ1) is 7.86. The quantitative estimate of drug-likeness (QED) is 0.571. The lowest BCUT2D eigenvalue weighted by Crippen LogP contribution is -1.77. The van der Waals surface area contributed by atoms with Gasteiger partial charge in [-0.05, 0) is 28.7 Å². The Morgan fingerprint density at radius 3 is 1.56 bits per heavy atom. The second-order valence-corrected chi connectivity index (χ2v) is 3.57. The maximum atomic E-state index is 8.12. The van der Waals surface area contributed by atoms with Gasteiger partial charge in [-0.3, -0.25) is 0 Å². The maximum absolute atomic E-state index is 8.12. The zero-order valence-electron chi connectivity index (χ0n) is 8.64. The molecular formula is C14H10O2. The molecule has 3 rings (SSSR count). The molecule has 16 heavy (non-hydrogen) atoms. The van der Waals surface area contributed by atoms with Crippen molar-refractivity contribution in [1.82, 2.24) is 0 Å². The largest absolute Gasteiger partial charge is 0.373 e. The van der Waals surface area contributed by atoms with Crippen LogP contribution in [0.4, 0.5) is 0 Å². The van der Waals surface area contributed by atoms with Crippen LogP contribution in [0.3, 0.4) is 0 Å². The van der Waals surface area contributed by atoms with E-state index < -0.39 is 0 Å². The van der Waals surface area contributed by atoms with Crippen LogP contribution in [-0.4, -0.2) is 6.15 Å². The summed E-state index contributed by atoms with van der Waals surface area (Å²) in [5, 5.41) is 0. The van der Waals surface area contributed by atoms with Crippen LogP contribution in [0.1, 0.15) is 11.1 Å². The van der Waals surface area contributed by atoms with Crippen LogP contribution in [0, 0.1) is 0 Å². The molecule has 0 aliphatic heterocycles. The Kier molecular flexibility index (Phi) is 2.95. The van der Waals surface area contributed by atoms with E-state index >= 15 is 0 Å². The lowest BCUT2D eigenvalue weighted by molar-refractivity contribution is -0.191. The number of benzene rings is 2. The minimum atomic E-state index is 0.250. The molecule has 0 aromatic heterocycles. The van der Waals surface area contributed by atoms with Crippen molar-refractivity contribution in [2.24, 2.45) is 0 Å². The van der Waals surface area contributed by atoms with Crippen LogP contribution >= 0.6 is 0 Å². The van der Waals surface area contributed by atoms with Crippen LogP contribution < -0.4 is 0 Å². The van der Waals surface area contributed by atoms with Gasteiger partial charge in [-0.25, -0.2) is 0 Å². The van der Waals surface area contributed by atoms with Crippen LogP contribution in [0.5, 0.6) is 0 Å². The third-order valence-corrected chi connectivity index (χ3v) is 2.71. The van der Waals surface area contributed by atoms with Gasteiger partial charge in [0, 0.05) is 0 Å². The van der Waals surface area contributed by atoms with Gasteiger partial charge in [-0.15, -0.1) is 0 Å². The molecule has 2 nitrogen and oxygen atoms in total. The Morgan fingerprint density at radius 1 is 0.750 bits per heavy atom. The highest BCUT2D eigenvalue weighted by Crippen LogP contribution is 2.35. The van der Waals surface area contributed by atoms with Gasteiger partial charge in [0.25, 0.3) is 0 Å². The highest BCUT2D eigenvalue weighted by molar-refractivity contribution is 5.76. The van der Waals surface area contributed by atoms with Crippen LogP contribution in [-0.2, 0) is 16.0 Å². The SMILES string of the molecule is O=C=O.c1ccc2c(c1)Cc1ccccc1-2. The number of rotatable bonds is 0. The van der Waals surface area contributed by atoms with Gasteiger partial charge in [0.1, 0.15) is 0 Å². The standard InChI is InChI=1S/C13H10.CO2/c1-3-7-12-10(5-1)9-11-6-2-4-8-13(11)12;2-1-3/h1-8H,9H2;. The lowest BCUT2D eigenvalue weighted by Gasteiger charge is -1.98. The second kappa shape index (κ2) is 4.56. The van der Waals surface area contributed by atoms with Gasteiger partial charge in [-0.1, -0.05) is 48.5 Å². The molecule has 1 aliphatic rings. The van der Waals surface area contributed by atoms with Gasteiger partial charge in [0.15, 0.2) is 0 Å². The predicted molar refractivity (Wildman–Crippen MR) is 59.7 cm³/mol. The number of hydrogen-bond acceptors (Lipinski definition) is 2. The third kappa shape index (κ3) is 1.79. The first kappa shape index (κ1) is 10.3. The molecule has 0 unspecified atom stereocenters. The van der Waals surface area contributed by atoms with Crippen molar-refractivity contribution in [2.45, 2.75) is 6.42 Å². The maximum Gasteiger partial charge on any atom is 0.373 e. The number of hydrogen-bond donors (Lipinski definition) is 0. The molecule has 0 saturated carbocycles. The average Bonchev–Trinajstić information content (AvgIpc) is 2.68. The van der Waals surface area contributed by atoms with Crippen molar-refractivity contribution >= 4 is 6.15 Å². The summed E-state index contributed by atoms with van der Waals surface area (Å²) in [7, 11) is 0. The molecule has 2 aromatic rings. The highest BCUT2D eigenvalue weighted by atomic mass is 16.2. The molecule has 0 heterocycles. The van der Waals surface area contributed by atoms with Crippen molar-refractivity contribution < 1.29 is 9.59 Å². The summed E-state index contributed by atoms with van der Waals surface area (Å²) < 4.78 is 0. The summed E-state index contributed by atoms with van der Waals surface area (Å²) in [5.74, 6) is 0. The van der Waals surface area contributed by atoms with Crippen LogP contribution in [0.25, 0.3) is 11.1 Å². The summed E-state index contributed by atoms with van der Waals surface area (Å²) in [6, 6.07) is 17.3. The molecule has 2 aromatic carbocycles. The fourth-order valence-corrected chi connectivity index (χ4v) is 2.08. The van der Waals surface area contributed by atoms with Crippen molar-refractivity contribution in [3.05, 3.63) is 59.7 Å². The Morgan fingerprint density at radius 2 is 1.12 bits per heavy atom. The van der Waals surface area contributed by atoms with E-state index in [1.807, 2.05) is 0 Å². The molecule has 0 fully saturated rings. The van der Waals surface area contributed by atoms with Gasteiger partial charge >= 0.3 is 6.15 Å². The summed E-state index contributed by atoms with van der Waals surface area (Å²) in [6.45, 7) is 0. The first-order valence-corrected chi connectivity index (χ1v) is 5.02. The summed E-state index contributed by atoms with van der Waals surface area (Å²) in [4.78, 5) is 16.2. The number of fused-ring (bicyclic) bond motifs is 3. The number of carbonyl (C=O) groups excluding carboxylic acids is 2. The predicted octanol–water partition coefficient (Wildman–Crippen LogP) is 2.67. The van der Waals surface area contributed by atoms with E-state index in [0.717, 1.165) is 6.42 Å². The van der Waals surface area contributed by atoms with E-state index in [4.69, 9.17) is 9.59 Å². The Hall–Kier alpha value is -2.18. The Balaban J connectivity index is 0.000000292. The van der Waals surface area contributed by atoms with E-state index in [1.54, 1.807) is 0 Å². The second-order valence-electron chi connectivity index (χ2n) is 3.57. The van der Waals surface area contributed by atoms with E-state index in [-0.39, 0.29) is 6.15 Å². The fraction of sp³-hybridized carbons (Fsp3) is 0.0714. The molecule has 0 amide bonds. The molecule has 2 heteroatoms. The van der Waals surface area contributed by atoms with Crippen molar-refractivity contribution in [2.75, 3.05) is 0 Å². The molecule has 78 valence electrons. The van der Waals surface area contributed by atoms with E-state index in [9.17, 15) is 0 Å². The normalized spacial score (nSPS) is 10.5. The Bertz CT molecular complexity index is 494. The Labute approximate surface area is 93.5 Å². The summed E-state index contributed by atoms with van der Waals surface area (Å²) in [5.41, 5.74) is 5.75. The average molecular weight is 210 g/mol. The van der Waals surface area contributed by atoms with Crippen LogP contribution in [0.15, 0.2) is 48.5 Å². The zero-order chi connectivity index (χ0) is 11.4. The molecule has 0 N–H and O–H groups in total. The van der Waals surface area contributed by atoms with Crippen LogP contribution in [0.2, 0.25) is 0 Å². The molecule has 0 atom stereocenters. The first-order valence-electron chi connectivity index (χ1n) is 5.02. The van der Waals surface area contributed by atoms with Gasteiger partial charge in [-0.2, -0.15) is 9.59 Å². The minimum absolute atomic E-state index is 0.250. The van der Waals surface area contributed by atoms with Gasteiger partial charge in [0.05, 0.1) is 0 Å². The van der Waals surface area contributed by atoms with E-state index in [1.165, 1.54) is 22.3 Å². The van der Waals surface area contributed by atoms with E-state index in [2.05, 4.69) is 48.5 Å². The van der Waals surface area contributed by atoms with Gasteiger partial charge < -0.3 is 0 Å². The molecule has 0 saturated heterocycles. The summed E-state index contributed by atoms with van der Waals surface area (Å²) in [6.07, 6.45) is 1.35. The van der Waals surface area contributed by atoms with Gasteiger partial charge in [0.2, 0.25) is 0 Å². The summed E-state index contributed by atoms with van der Waals surface area (Å²) >= 11 is 0. The third-order valence-electron chi connectivity index (χ3n) is 2.71. The highest BCUT2D eigenvalue weighted by Gasteiger charge is 2.15. The molecule has 0 radical (unpaired) electrons. The van der Waals surface area contributed by atoms with E-state index in [0.29, 0.717) is 0 Å². The fourth-order valence-electron chi connectivity index (χ4n) is 2.08. The van der Waals surface area contributed by atoms with Crippen molar-refractivity contribution in [1.29, 1.82) is 0 Å². The zero-order valence-corrected chi connectivity index (χ0v) is 8.64. The lowest BCUT2D eigenvalue weighted by atomic mass is 10.1. The monoisotopic (exact) mass is 210 g/mol.